The van der Waals surface area contributed by atoms with Gasteiger partial charge in [0.25, 0.3) is 5.91 Å². The lowest BCUT2D eigenvalue weighted by Gasteiger charge is -2.19. The molecule has 0 amide bonds. The lowest BCUT2D eigenvalue weighted by atomic mass is 9.89. The number of carboxylic acids is 1. The largest absolute Gasteiger partial charge is 0.478 e. The Bertz CT molecular complexity index is 1220. The number of rotatable bonds is 6. The Balaban J connectivity index is 1.63. The Kier molecular flexibility index (Phi) is 6.58. The van der Waals surface area contributed by atoms with Gasteiger partial charge in [-0.2, -0.15) is 0 Å². The Labute approximate surface area is 192 Å². The predicted octanol–water partition coefficient (Wildman–Crippen LogP) is 4.80. The molecule has 0 saturated heterocycles. The quantitative estimate of drug-likeness (QED) is 0.586. The predicted molar refractivity (Wildman–Crippen MR) is 126 cm³/mol. The number of carbonyl (C=O) groups excluding carboxylic acids is 1. The molecule has 1 aliphatic rings. The highest BCUT2D eigenvalue weighted by Gasteiger charge is 2.27. The standard InChI is InChI=1S/C26H29N3O4/c1-17(2)23-27-29(24(30)20-8-4-3-5-9-20)26(33)28(23)16-18-12-14-19(15-13-18)21-10-6-7-11-22(21)25(31)32/h6-7,10-15,17,20H,3-5,8-9,16H2,1-2H3,(H,31,32). The van der Waals surface area contributed by atoms with Gasteiger partial charge in [0, 0.05) is 11.8 Å². The van der Waals surface area contributed by atoms with E-state index in [1.807, 2.05) is 44.2 Å². The van der Waals surface area contributed by atoms with Crippen molar-refractivity contribution in [3.63, 3.8) is 0 Å². The fourth-order valence-corrected chi connectivity index (χ4v) is 4.55. The topological polar surface area (TPSA) is 94.2 Å². The van der Waals surface area contributed by atoms with Crippen LogP contribution in [0.25, 0.3) is 11.1 Å². The number of aromatic nitrogens is 3. The van der Waals surface area contributed by atoms with Crippen LogP contribution in [0, 0.1) is 5.92 Å². The summed E-state index contributed by atoms with van der Waals surface area (Å²) in [7, 11) is 0. The number of carboxylic acid groups (broad SMARTS) is 1. The van der Waals surface area contributed by atoms with Gasteiger partial charge in [-0.1, -0.05) is 75.6 Å². The molecule has 0 unspecified atom stereocenters. The number of benzene rings is 2. The van der Waals surface area contributed by atoms with Crippen molar-refractivity contribution in [3.05, 3.63) is 76.0 Å². The van der Waals surface area contributed by atoms with Gasteiger partial charge in [-0.25, -0.2) is 9.59 Å². The van der Waals surface area contributed by atoms with Gasteiger partial charge in [0.1, 0.15) is 5.82 Å². The first kappa shape index (κ1) is 22.7. The summed E-state index contributed by atoms with van der Waals surface area (Å²) in [6, 6.07) is 14.3. The van der Waals surface area contributed by atoms with Crippen LogP contribution in [0.5, 0.6) is 0 Å². The maximum Gasteiger partial charge on any atom is 0.353 e. The van der Waals surface area contributed by atoms with E-state index in [4.69, 9.17) is 0 Å². The van der Waals surface area contributed by atoms with Crippen molar-refractivity contribution in [2.24, 2.45) is 5.92 Å². The highest BCUT2D eigenvalue weighted by molar-refractivity contribution is 5.96. The van der Waals surface area contributed by atoms with Crippen LogP contribution in [-0.2, 0) is 6.54 Å². The molecule has 0 bridgehead atoms. The summed E-state index contributed by atoms with van der Waals surface area (Å²) < 4.78 is 2.65. The second-order valence-electron chi connectivity index (χ2n) is 9.01. The Morgan fingerprint density at radius 3 is 2.33 bits per heavy atom. The zero-order valence-electron chi connectivity index (χ0n) is 19.0. The molecule has 0 radical (unpaired) electrons. The number of carbonyl (C=O) groups is 2. The molecule has 33 heavy (non-hydrogen) atoms. The lowest BCUT2D eigenvalue weighted by Crippen LogP contribution is -2.35. The normalized spacial score (nSPS) is 14.5. The van der Waals surface area contributed by atoms with Crippen molar-refractivity contribution in [2.75, 3.05) is 0 Å². The molecule has 1 aliphatic carbocycles. The minimum Gasteiger partial charge on any atom is -0.478 e. The molecule has 0 spiro atoms. The third-order valence-corrected chi connectivity index (χ3v) is 6.33. The summed E-state index contributed by atoms with van der Waals surface area (Å²) in [6.07, 6.45) is 4.79. The lowest BCUT2D eigenvalue weighted by molar-refractivity contribution is 0.0696. The first-order valence-corrected chi connectivity index (χ1v) is 11.5. The summed E-state index contributed by atoms with van der Waals surface area (Å²) in [6.45, 7) is 4.21. The third kappa shape index (κ3) is 4.67. The summed E-state index contributed by atoms with van der Waals surface area (Å²) in [5, 5.41) is 13.9. The molecule has 3 aromatic rings. The number of hydrogen-bond donors (Lipinski definition) is 1. The van der Waals surface area contributed by atoms with Crippen LogP contribution in [0.2, 0.25) is 0 Å². The van der Waals surface area contributed by atoms with Crippen LogP contribution in [0.1, 0.15) is 78.4 Å². The molecular weight excluding hydrogens is 418 g/mol. The Hall–Kier alpha value is -3.48. The van der Waals surface area contributed by atoms with Gasteiger partial charge in [0.05, 0.1) is 12.1 Å². The molecule has 2 aromatic carbocycles. The van der Waals surface area contributed by atoms with Crippen LogP contribution < -0.4 is 5.69 Å². The molecule has 1 aromatic heterocycles. The number of hydrogen-bond acceptors (Lipinski definition) is 4. The van der Waals surface area contributed by atoms with E-state index in [1.54, 1.807) is 22.8 Å². The smallest absolute Gasteiger partial charge is 0.353 e. The summed E-state index contributed by atoms with van der Waals surface area (Å²) >= 11 is 0. The van der Waals surface area contributed by atoms with E-state index >= 15 is 0 Å². The summed E-state index contributed by atoms with van der Waals surface area (Å²) in [5.74, 6) is -0.725. The average molecular weight is 448 g/mol. The van der Waals surface area contributed by atoms with E-state index in [-0.39, 0.29) is 23.3 Å². The third-order valence-electron chi connectivity index (χ3n) is 6.33. The monoisotopic (exact) mass is 447 g/mol. The van der Waals surface area contributed by atoms with Crippen molar-refractivity contribution in [2.45, 2.75) is 58.4 Å². The van der Waals surface area contributed by atoms with E-state index in [9.17, 15) is 19.5 Å². The van der Waals surface area contributed by atoms with Gasteiger partial charge in [0.15, 0.2) is 0 Å². The average Bonchev–Trinajstić information content (AvgIpc) is 3.16. The fraction of sp³-hybridized carbons (Fsp3) is 0.385. The van der Waals surface area contributed by atoms with E-state index < -0.39 is 11.7 Å². The first-order chi connectivity index (χ1) is 15.9. The Morgan fingerprint density at radius 2 is 1.70 bits per heavy atom. The van der Waals surface area contributed by atoms with Crippen LogP contribution >= 0.6 is 0 Å². The van der Waals surface area contributed by atoms with E-state index in [1.165, 1.54) is 0 Å². The zero-order valence-corrected chi connectivity index (χ0v) is 19.0. The number of aromatic carboxylic acids is 1. The van der Waals surface area contributed by atoms with Gasteiger partial charge >= 0.3 is 11.7 Å². The van der Waals surface area contributed by atoms with Gasteiger partial charge in [-0.15, -0.1) is 9.78 Å². The van der Waals surface area contributed by atoms with Crippen molar-refractivity contribution in [1.82, 2.24) is 14.3 Å². The molecule has 4 rings (SSSR count). The maximum absolute atomic E-state index is 13.2. The molecule has 1 saturated carbocycles. The molecule has 7 heteroatoms. The fourth-order valence-electron chi connectivity index (χ4n) is 4.55. The molecular formula is C26H29N3O4. The minimum atomic E-state index is -0.974. The second-order valence-corrected chi connectivity index (χ2v) is 9.01. The molecule has 0 atom stereocenters. The maximum atomic E-state index is 13.2. The highest BCUT2D eigenvalue weighted by atomic mass is 16.4. The summed E-state index contributed by atoms with van der Waals surface area (Å²) in [4.78, 5) is 37.7. The van der Waals surface area contributed by atoms with Crippen molar-refractivity contribution < 1.29 is 14.7 Å². The second kappa shape index (κ2) is 9.57. The zero-order chi connectivity index (χ0) is 23.5. The molecule has 1 fully saturated rings. The molecule has 1 heterocycles. The van der Waals surface area contributed by atoms with Crippen LogP contribution in [0.3, 0.4) is 0 Å². The van der Waals surface area contributed by atoms with E-state index in [2.05, 4.69) is 5.10 Å². The molecule has 0 aliphatic heterocycles. The first-order valence-electron chi connectivity index (χ1n) is 11.5. The van der Waals surface area contributed by atoms with Gasteiger partial charge in [0.2, 0.25) is 0 Å². The minimum absolute atomic E-state index is 0.0141. The van der Waals surface area contributed by atoms with Crippen molar-refractivity contribution >= 4 is 11.9 Å². The van der Waals surface area contributed by atoms with Crippen LogP contribution in [0.4, 0.5) is 0 Å². The van der Waals surface area contributed by atoms with Crippen LogP contribution in [0.15, 0.2) is 53.3 Å². The van der Waals surface area contributed by atoms with Gasteiger partial charge in [-0.3, -0.25) is 9.36 Å². The SMILES string of the molecule is CC(C)c1nn(C(=O)C2CCCCC2)c(=O)n1Cc1ccc(-c2ccccc2C(=O)O)cc1. The van der Waals surface area contributed by atoms with Crippen molar-refractivity contribution in [1.29, 1.82) is 0 Å². The van der Waals surface area contributed by atoms with Gasteiger partial charge in [-0.05, 0) is 35.6 Å². The summed E-state index contributed by atoms with van der Waals surface area (Å²) in [5.41, 5.74) is 2.15. The number of nitrogens with zero attached hydrogens (tertiary/aromatic N) is 3. The molecule has 7 nitrogen and oxygen atoms in total. The van der Waals surface area contributed by atoms with Crippen molar-refractivity contribution in [3.8, 4) is 11.1 Å². The Morgan fingerprint density at radius 1 is 1.03 bits per heavy atom. The van der Waals surface area contributed by atoms with Crippen LogP contribution in [-0.4, -0.2) is 31.3 Å². The molecule has 172 valence electrons. The van der Waals surface area contributed by atoms with Gasteiger partial charge < -0.3 is 5.11 Å². The van der Waals surface area contributed by atoms with E-state index in [0.29, 0.717) is 17.9 Å². The molecule has 1 N–H and O–H groups in total. The van der Waals surface area contributed by atoms with E-state index in [0.717, 1.165) is 47.9 Å². The highest BCUT2D eigenvalue weighted by Crippen LogP contribution is 2.26.